The third-order valence-electron chi connectivity index (χ3n) is 5.96. The monoisotopic (exact) mass is 453 g/mol. The second-order valence-corrected chi connectivity index (χ2v) is 11.2. The number of nitrogens with one attached hydrogen (secondary N) is 1. The van der Waals surface area contributed by atoms with E-state index in [0.717, 1.165) is 28.1 Å². The largest absolute Gasteiger partial charge is 0.302 e. The van der Waals surface area contributed by atoms with E-state index in [2.05, 4.69) is 22.4 Å². The minimum atomic E-state index is -3.61. The van der Waals surface area contributed by atoms with Gasteiger partial charge in [0.05, 0.1) is 16.5 Å². The lowest BCUT2D eigenvalue weighted by molar-refractivity contribution is -0.120. The van der Waals surface area contributed by atoms with Gasteiger partial charge in [0.25, 0.3) is 0 Å². The Morgan fingerprint density at radius 3 is 2.74 bits per heavy atom. The van der Waals surface area contributed by atoms with E-state index < -0.39 is 10.0 Å². The fourth-order valence-electron chi connectivity index (χ4n) is 4.26. The summed E-state index contributed by atoms with van der Waals surface area (Å²) in [5.41, 5.74) is 4.34. The van der Waals surface area contributed by atoms with Gasteiger partial charge < -0.3 is 5.32 Å². The molecule has 1 aromatic heterocycles. The van der Waals surface area contributed by atoms with E-state index in [4.69, 9.17) is 0 Å². The van der Waals surface area contributed by atoms with Crippen LogP contribution in [0.3, 0.4) is 0 Å². The predicted octanol–water partition coefficient (Wildman–Crippen LogP) is 4.06. The minimum absolute atomic E-state index is 0.162. The molecule has 1 fully saturated rings. The van der Waals surface area contributed by atoms with Crippen LogP contribution in [-0.4, -0.2) is 36.7 Å². The van der Waals surface area contributed by atoms with Crippen LogP contribution in [0.4, 0.5) is 5.13 Å². The van der Waals surface area contributed by atoms with Crippen LogP contribution in [-0.2, 0) is 21.2 Å². The standard InChI is InChI=1S/C23H23N3O3S2/c1-15-8-10-18(11-9-15)31(28,29)26-12-4-6-17(14-26)22(27)25-23-24-21-19-7-3-2-5-16(19)13-20(21)30-23/h2-3,5,7-11,17H,4,6,12-14H2,1H3,(H,24,25,27). The van der Waals surface area contributed by atoms with Crippen molar-refractivity contribution in [1.82, 2.24) is 9.29 Å². The number of nitrogens with zero attached hydrogens (tertiary/aromatic N) is 2. The van der Waals surface area contributed by atoms with Crippen LogP contribution in [0.5, 0.6) is 0 Å². The molecule has 160 valence electrons. The molecule has 6 nitrogen and oxygen atoms in total. The van der Waals surface area contributed by atoms with Gasteiger partial charge in [-0.05, 0) is 37.5 Å². The Morgan fingerprint density at radius 2 is 1.94 bits per heavy atom. The van der Waals surface area contributed by atoms with Crippen molar-refractivity contribution in [2.45, 2.75) is 31.1 Å². The van der Waals surface area contributed by atoms with E-state index in [1.165, 1.54) is 21.2 Å². The summed E-state index contributed by atoms with van der Waals surface area (Å²) in [5.74, 6) is -0.551. The van der Waals surface area contributed by atoms with Crippen molar-refractivity contribution in [2.75, 3.05) is 18.4 Å². The topological polar surface area (TPSA) is 79.4 Å². The maximum absolute atomic E-state index is 13.0. The van der Waals surface area contributed by atoms with Gasteiger partial charge >= 0.3 is 0 Å². The van der Waals surface area contributed by atoms with Gasteiger partial charge in [0.1, 0.15) is 0 Å². The second-order valence-electron chi connectivity index (χ2n) is 8.13. The highest BCUT2D eigenvalue weighted by molar-refractivity contribution is 7.89. The molecule has 0 bridgehead atoms. The van der Waals surface area contributed by atoms with Gasteiger partial charge in [0, 0.05) is 30.0 Å². The molecule has 2 aliphatic rings. The highest BCUT2D eigenvalue weighted by atomic mass is 32.2. The molecule has 1 saturated heterocycles. The first-order chi connectivity index (χ1) is 14.9. The summed E-state index contributed by atoms with van der Waals surface area (Å²) in [6.07, 6.45) is 2.16. The zero-order chi connectivity index (χ0) is 21.6. The number of sulfonamides is 1. The summed E-state index contributed by atoms with van der Waals surface area (Å²) in [6, 6.07) is 15.0. The van der Waals surface area contributed by atoms with E-state index in [0.29, 0.717) is 24.5 Å². The number of fused-ring (bicyclic) bond motifs is 3. The van der Waals surface area contributed by atoms with E-state index in [-0.39, 0.29) is 23.3 Å². The summed E-state index contributed by atoms with van der Waals surface area (Å²) in [5, 5.41) is 3.52. The van der Waals surface area contributed by atoms with Crippen LogP contribution >= 0.6 is 11.3 Å². The van der Waals surface area contributed by atoms with Gasteiger partial charge in [-0.2, -0.15) is 4.31 Å². The van der Waals surface area contributed by atoms with Crippen LogP contribution < -0.4 is 5.32 Å². The van der Waals surface area contributed by atoms with Crippen molar-refractivity contribution < 1.29 is 13.2 Å². The predicted molar refractivity (Wildman–Crippen MR) is 122 cm³/mol. The highest BCUT2D eigenvalue weighted by Gasteiger charge is 2.34. The molecule has 8 heteroatoms. The number of anilines is 1. The molecule has 0 saturated carbocycles. The molecule has 0 radical (unpaired) electrons. The fourth-order valence-corrected chi connectivity index (χ4v) is 6.78. The molecule has 31 heavy (non-hydrogen) atoms. The van der Waals surface area contributed by atoms with Crippen LogP contribution in [0.1, 0.15) is 28.8 Å². The second kappa shape index (κ2) is 7.85. The number of piperidine rings is 1. The Hall–Kier alpha value is -2.55. The number of amides is 1. The Labute approximate surface area is 186 Å². The maximum atomic E-state index is 13.0. The number of benzene rings is 2. The van der Waals surface area contributed by atoms with Crippen LogP contribution in [0.25, 0.3) is 11.3 Å². The maximum Gasteiger partial charge on any atom is 0.243 e. The molecule has 1 unspecified atom stereocenters. The molecule has 0 spiro atoms. The summed E-state index contributed by atoms with van der Waals surface area (Å²) in [4.78, 5) is 19.0. The van der Waals surface area contributed by atoms with Crippen molar-refractivity contribution in [2.24, 2.45) is 5.92 Å². The van der Waals surface area contributed by atoms with Crippen molar-refractivity contribution in [3.8, 4) is 11.3 Å². The first-order valence-corrected chi connectivity index (χ1v) is 12.6. The number of carbonyl (C=O) groups excluding carboxylic acids is 1. The molecule has 2 heterocycles. The lowest BCUT2D eigenvalue weighted by Crippen LogP contribution is -2.43. The van der Waals surface area contributed by atoms with Crippen LogP contribution in [0.15, 0.2) is 53.4 Å². The molecule has 2 aromatic carbocycles. The van der Waals surface area contributed by atoms with Crippen LogP contribution in [0.2, 0.25) is 0 Å². The summed E-state index contributed by atoms with van der Waals surface area (Å²) in [6.45, 7) is 2.54. The molecule has 1 aliphatic carbocycles. The number of rotatable bonds is 4. The van der Waals surface area contributed by atoms with Crippen molar-refractivity contribution >= 4 is 32.4 Å². The Balaban J connectivity index is 1.29. The molecular formula is C23H23N3O3S2. The van der Waals surface area contributed by atoms with Crippen molar-refractivity contribution in [3.05, 3.63) is 64.5 Å². The van der Waals surface area contributed by atoms with E-state index >= 15 is 0 Å². The van der Waals surface area contributed by atoms with Gasteiger partial charge in [0.2, 0.25) is 15.9 Å². The number of hydrogen-bond donors (Lipinski definition) is 1. The summed E-state index contributed by atoms with van der Waals surface area (Å²) >= 11 is 1.50. The number of hydrogen-bond acceptors (Lipinski definition) is 5. The highest BCUT2D eigenvalue weighted by Crippen LogP contribution is 2.41. The van der Waals surface area contributed by atoms with Gasteiger partial charge in [-0.25, -0.2) is 13.4 Å². The molecule has 1 aliphatic heterocycles. The molecular weight excluding hydrogens is 430 g/mol. The number of thiazole rings is 1. The van der Waals surface area contributed by atoms with Gasteiger partial charge in [-0.1, -0.05) is 42.0 Å². The number of carbonyl (C=O) groups is 1. The smallest absolute Gasteiger partial charge is 0.243 e. The average molecular weight is 454 g/mol. The first-order valence-electron chi connectivity index (χ1n) is 10.4. The van der Waals surface area contributed by atoms with E-state index in [1.807, 2.05) is 19.1 Å². The number of aryl methyl sites for hydroxylation is 1. The van der Waals surface area contributed by atoms with Gasteiger partial charge in [-0.15, -0.1) is 11.3 Å². The first kappa shape index (κ1) is 20.4. The Kier molecular flexibility index (Phi) is 5.16. The fraction of sp³-hybridized carbons (Fsp3) is 0.304. The van der Waals surface area contributed by atoms with E-state index in [1.54, 1.807) is 24.3 Å². The van der Waals surface area contributed by atoms with Crippen molar-refractivity contribution in [3.63, 3.8) is 0 Å². The van der Waals surface area contributed by atoms with E-state index in [9.17, 15) is 13.2 Å². The zero-order valence-electron chi connectivity index (χ0n) is 17.2. The Bertz CT molecular complexity index is 1250. The Morgan fingerprint density at radius 1 is 1.16 bits per heavy atom. The van der Waals surface area contributed by atoms with Crippen molar-refractivity contribution in [1.29, 1.82) is 0 Å². The molecule has 3 aromatic rings. The molecule has 1 N–H and O–H groups in total. The molecule has 5 rings (SSSR count). The molecule has 1 amide bonds. The number of aromatic nitrogens is 1. The van der Waals surface area contributed by atoms with Gasteiger partial charge in [0.15, 0.2) is 5.13 Å². The zero-order valence-corrected chi connectivity index (χ0v) is 18.8. The lowest BCUT2D eigenvalue weighted by atomic mass is 9.99. The average Bonchev–Trinajstić information content (AvgIpc) is 3.31. The quantitative estimate of drug-likeness (QED) is 0.505. The lowest BCUT2D eigenvalue weighted by Gasteiger charge is -2.31. The SMILES string of the molecule is Cc1ccc(S(=O)(=O)N2CCCC(C(=O)Nc3nc4c(s3)Cc3ccccc3-4)C2)cc1. The van der Waals surface area contributed by atoms with Crippen LogP contribution in [0, 0.1) is 12.8 Å². The summed E-state index contributed by atoms with van der Waals surface area (Å²) < 4.78 is 27.5. The molecule has 1 atom stereocenters. The third kappa shape index (κ3) is 3.79. The summed E-state index contributed by atoms with van der Waals surface area (Å²) in [7, 11) is -3.61. The van der Waals surface area contributed by atoms with Gasteiger partial charge in [-0.3, -0.25) is 4.79 Å². The minimum Gasteiger partial charge on any atom is -0.302 e. The normalized spacial score (nSPS) is 18.4. The third-order valence-corrected chi connectivity index (χ3v) is 8.81.